The molecular formula is C18H20N2. The van der Waals surface area contributed by atoms with Crippen LogP contribution >= 0.6 is 0 Å². The maximum Gasteiger partial charge on any atom is 0.0536 e. The Morgan fingerprint density at radius 1 is 1.10 bits per heavy atom. The van der Waals surface area contributed by atoms with Gasteiger partial charge in [0.05, 0.1) is 6.04 Å². The van der Waals surface area contributed by atoms with Gasteiger partial charge in [-0.05, 0) is 42.7 Å². The zero-order chi connectivity index (χ0) is 13.1. The van der Waals surface area contributed by atoms with Crippen LogP contribution < -0.4 is 0 Å². The van der Waals surface area contributed by atoms with Crippen LogP contribution in [0, 0.1) is 11.8 Å². The SMILES string of the molecule is C1=CC[C@@H]2[C@@H](C1)CN1CCc3c([nH]c4ccccc34)[C@H]21. The summed E-state index contributed by atoms with van der Waals surface area (Å²) in [4.78, 5) is 6.49. The van der Waals surface area contributed by atoms with Gasteiger partial charge in [-0.15, -0.1) is 0 Å². The molecular weight excluding hydrogens is 244 g/mol. The van der Waals surface area contributed by atoms with Crippen molar-refractivity contribution < 1.29 is 0 Å². The largest absolute Gasteiger partial charge is 0.357 e. The fourth-order valence-corrected chi connectivity index (χ4v) is 4.80. The van der Waals surface area contributed by atoms with Crippen LogP contribution in [0.15, 0.2) is 36.4 Å². The second-order valence-electron chi connectivity index (χ2n) is 6.62. The number of allylic oxidation sites excluding steroid dienone is 2. The van der Waals surface area contributed by atoms with E-state index in [4.69, 9.17) is 0 Å². The van der Waals surface area contributed by atoms with Crippen molar-refractivity contribution in [3.63, 3.8) is 0 Å². The second-order valence-corrected chi connectivity index (χ2v) is 6.62. The first-order valence-corrected chi connectivity index (χ1v) is 7.90. The summed E-state index contributed by atoms with van der Waals surface area (Å²) in [6.07, 6.45) is 8.56. The first kappa shape index (κ1) is 11.2. The highest BCUT2D eigenvalue weighted by atomic mass is 15.2. The zero-order valence-corrected chi connectivity index (χ0v) is 11.7. The fourth-order valence-electron chi connectivity index (χ4n) is 4.80. The van der Waals surface area contributed by atoms with Crippen LogP contribution in [0.1, 0.15) is 30.1 Å². The molecule has 5 rings (SSSR count). The number of benzene rings is 1. The minimum atomic E-state index is 0.640. The molecule has 102 valence electrons. The van der Waals surface area contributed by atoms with Crippen molar-refractivity contribution in [1.29, 1.82) is 0 Å². The number of rotatable bonds is 0. The number of fused-ring (bicyclic) bond motifs is 7. The molecule has 2 aliphatic heterocycles. The Kier molecular flexibility index (Phi) is 2.22. The zero-order valence-electron chi connectivity index (χ0n) is 11.7. The molecule has 0 saturated carbocycles. The number of nitrogens with one attached hydrogen (secondary N) is 1. The van der Waals surface area contributed by atoms with Crippen LogP contribution in [0.2, 0.25) is 0 Å². The average Bonchev–Trinajstić information content (AvgIpc) is 3.04. The Labute approximate surface area is 119 Å². The molecule has 1 aromatic carbocycles. The van der Waals surface area contributed by atoms with E-state index in [-0.39, 0.29) is 0 Å². The van der Waals surface area contributed by atoms with E-state index < -0.39 is 0 Å². The third-order valence-electron chi connectivity index (χ3n) is 5.68. The third kappa shape index (κ3) is 1.38. The lowest BCUT2D eigenvalue weighted by molar-refractivity contribution is 0.211. The molecule has 2 aromatic rings. The van der Waals surface area contributed by atoms with E-state index in [0.29, 0.717) is 6.04 Å². The summed E-state index contributed by atoms with van der Waals surface area (Å²) >= 11 is 0. The highest BCUT2D eigenvalue weighted by Gasteiger charge is 2.45. The fraction of sp³-hybridized carbons (Fsp3) is 0.444. The number of hydrogen-bond donors (Lipinski definition) is 1. The normalized spacial score (nSPS) is 32.1. The van der Waals surface area contributed by atoms with Crippen molar-refractivity contribution in [2.45, 2.75) is 25.3 Å². The van der Waals surface area contributed by atoms with Gasteiger partial charge in [-0.2, -0.15) is 0 Å². The van der Waals surface area contributed by atoms with E-state index in [1.807, 2.05) is 0 Å². The van der Waals surface area contributed by atoms with Gasteiger partial charge in [0.15, 0.2) is 0 Å². The monoisotopic (exact) mass is 264 g/mol. The van der Waals surface area contributed by atoms with Crippen molar-refractivity contribution in [1.82, 2.24) is 9.88 Å². The van der Waals surface area contributed by atoms with Gasteiger partial charge < -0.3 is 4.98 Å². The molecule has 1 aromatic heterocycles. The smallest absolute Gasteiger partial charge is 0.0536 e. The van der Waals surface area contributed by atoms with Gasteiger partial charge in [0, 0.05) is 29.7 Å². The molecule has 2 nitrogen and oxygen atoms in total. The first-order chi connectivity index (χ1) is 9.92. The number of hydrogen-bond acceptors (Lipinski definition) is 1. The molecule has 3 aliphatic rings. The minimum absolute atomic E-state index is 0.640. The highest BCUT2D eigenvalue weighted by molar-refractivity contribution is 5.85. The quantitative estimate of drug-likeness (QED) is 0.719. The number of aromatic amines is 1. The molecule has 20 heavy (non-hydrogen) atoms. The Hall–Kier alpha value is -1.54. The van der Waals surface area contributed by atoms with Crippen LogP contribution in [0.25, 0.3) is 10.9 Å². The van der Waals surface area contributed by atoms with E-state index >= 15 is 0 Å². The van der Waals surface area contributed by atoms with Crippen LogP contribution in [0.3, 0.4) is 0 Å². The van der Waals surface area contributed by atoms with Crippen LogP contribution in [0.5, 0.6) is 0 Å². The lowest BCUT2D eigenvalue weighted by atomic mass is 9.80. The summed E-state index contributed by atoms with van der Waals surface area (Å²) in [7, 11) is 0. The maximum atomic E-state index is 3.75. The molecule has 1 N–H and O–H groups in total. The van der Waals surface area contributed by atoms with Gasteiger partial charge in [0.25, 0.3) is 0 Å². The Bertz CT molecular complexity index is 697. The standard InChI is InChI=1S/C18H20N2/c1-2-6-13-12(5-1)11-20-10-9-15-14-7-3-4-8-16(14)19-17(15)18(13)20/h1-4,7-8,12-13,18-19H,5-6,9-11H2/t12-,13+,18-/m0/s1. The van der Waals surface area contributed by atoms with Crippen molar-refractivity contribution in [3.05, 3.63) is 47.7 Å². The Morgan fingerprint density at radius 3 is 3.00 bits per heavy atom. The van der Waals surface area contributed by atoms with E-state index in [2.05, 4.69) is 46.3 Å². The molecule has 1 saturated heterocycles. The van der Waals surface area contributed by atoms with Gasteiger partial charge in [-0.1, -0.05) is 30.4 Å². The van der Waals surface area contributed by atoms with E-state index in [9.17, 15) is 0 Å². The number of aromatic nitrogens is 1. The summed E-state index contributed by atoms with van der Waals surface area (Å²) in [6.45, 7) is 2.54. The molecule has 1 aliphatic carbocycles. The van der Waals surface area contributed by atoms with Crippen molar-refractivity contribution >= 4 is 10.9 Å². The van der Waals surface area contributed by atoms with Gasteiger partial charge in [0.1, 0.15) is 0 Å². The number of H-pyrrole nitrogens is 1. The molecule has 0 radical (unpaired) electrons. The number of nitrogens with zero attached hydrogens (tertiary/aromatic N) is 1. The molecule has 1 fully saturated rings. The van der Waals surface area contributed by atoms with Gasteiger partial charge in [-0.25, -0.2) is 0 Å². The van der Waals surface area contributed by atoms with Crippen molar-refractivity contribution in [3.8, 4) is 0 Å². The Balaban J connectivity index is 1.68. The first-order valence-electron chi connectivity index (χ1n) is 7.90. The summed E-state index contributed by atoms with van der Waals surface area (Å²) in [5.41, 5.74) is 4.45. The van der Waals surface area contributed by atoms with E-state index in [1.165, 1.54) is 48.9 Å². The molecule has 3 atom stereocenters. The average molecular weight is 264 g/mol. The molecule has 0 unspecified atom stereocenters. The molecule has 2 heteroatoms. The molecule has 0 amide bonds. The van der Waals surface area contributed by atoms with E-state index in [0.717, 1.165) is 11.8 Å². The lowest BCUT2D eigenvalue weighted by Crippen LogP contribution is -2.32. The summed E-state index contributed by atoms with van der Waals surface area (Å²) < 4.78 is 0. The summed E-state index contributed by atoms with van der Waals surface area (Å²) in [5, 5.41) is 1.46. The maximum absolute atomic E-state index is 3.75. The molecule has 0 spiro atoms. The highest BCUT2D eigenvalue weighted by Crippen LogP contribution is 2.49. The third-order valence-corrected chi connectivity index (χ3v) is 5.68. The van der Waals surface area contributed by atoms with Gasteiger partial charge in [-0.3, -0.25) is 4.90 Å². The number of para-hydroxylation sites is 1. The van der Waals surface area contributed by atoms with Crippen LogP contribution in [-0.4, -0.2) is 23.0 Å². The van der Waals surface area contributed by atoms with Gasteiger partial charge >= 0.3 is 0 Å². The summed E-state index contributed by atoms with van der Waals surface area (Å²) in [5.74, 6) is 1.70. The van der Waals surface area contributed by atoms with Crippen LogP contribution in [0.4, 0.5) is 0 Å². The topological polar surface area (TPSA) is 19.0 Å². The molecule has 0 bridgehead atoms. The van der Waals surface area contributed by atoms with Crippen LogP contribution in [-0.2, 0) is 6.42 Å². The predicted molar refractivity (Wildman–Crippen MR) is 81.7 cm³/mol. The molecule has 3 heterocycles. The Morgan fingerprint density at radius 2 is 2.00 bits per heavy atom. The minimum Gasteiger partial charge on any atom is -0.357 e. The van der Waals surface area contributed by atoms with E-state index in [1.54, 1.807) is 5.56 Å². The predicted octanol–water partition coefficient (Wildman–Crippen LogP) is 3.66. The lowest BCUT2D eigenvalue weighted by Gasteiger charge is -2.33. The van der Waals surface area contributed by atoms with Gasteiger partial charge in [0.2, 0.25) is 0 Å². The second kappa shape index (κ2) is 3.98. The van der Waals surface area contributed by atoms with Crippen molar-refractivity contribution in [2.75, 3.05) is 13.1 Å². The summed E-state index contributed by atoms with van der Waals surface area (Å²) in [6, 6.07) is 9.46. The van der Waals surface area contributed by atoms with Crippen molar-refractivity contribution in [2.24, 2.45) is 11.8 Å².